The maximum atomic E-state index is 13.0. The van der Waals surface area contributed by atoms with Gasteiger partial charge in [-0.05, 0) is 49.6 Å². The summed E-state index contributed by atoms with van der Waals surface area (Å²) < 4.78 is 1.92. The minimum Gasteiger partial charge on any atom is -0.335 e. The molecule has 5 heteroatoms. The van der Waals surface area contributed by atoms with Gasteiger partial charge in [-0.3, -0.25) is 4.79 Å². The van der Waals surface area contributed by atoms with Crippen LogP contribution in [0.2, 0.25) is 0 Å². The molecule has 0 aliphatic carbocycles. The predicted octanol–water partition coefficient (Wildman–Crippen LogP) is 3.57. The first-order valence-electron chi connectivity index (χ1n) is 10.0. The van der Waals surface area contributed by atoms with Gasteiger partial charge in [0.15, 0.2) is 5.69 Å². The second-order valence-corrected chi connectivity index (χ2v) is 7.31. The number of hydrogen-bond acceptors (Lipinski definition) is 3. The molecule has 0 radical (unpaired) electrons. The van der Waals surface area contributed by atoms with E-state index < -0.39 is 0 Å². The number of hydrogen-bond donors (Lipinski definition) is 1. The van der Waals surface area contributed by atoms with Crippen LogP contribution in [0.4, 0.5) is 0 Å². The number of nitrogens with one attached hydrogen (secondary N) is 1. The molecule has 1 amide bonds. The van der Waals surface area contributed by atoms with Crippen molar-refractivity contribution in [2.75, 3.05) is 26.2 Å². The summed E-state index contributed by atoms with van der Waals surface area (Å²) in [6, 6.07) is 8.34. The van der Waals surface area contributed by atoms with Crippen molar-refractivity contribution in [2.24, 2.45) is 0 Å². The summed E-state index contributed by atoms with van der Waals surface area (Å²) in [5.41, 5.74) is 6.07. The number of carbonyl (C=O) groups is 1. The Morgan fingerprint density at radius 2 is 1.96 bits per heavy atom. The molecule has 0 saturated carbocycles. The van der Waals surface area contributed by atoms with E-state index in [9.17, 15) is 4.79 Å². The summed E-state index contributed by atoms with van der Waals surface area (Å²) in [6.07, 6.45) is 5.59. The van der Waals surface area contributed by atoms with Gasteiger partial charge in [0.1, 0.15) is 0 Å². The van der Waals surface area contributed by atoms with Gasteiger partial charge in [-0.15, -0.1) is 0 Å². The Labute approximate surface area is 167 Å². The van der Waals surface area contributed by atoms with Crippen LogP contribution in [-0.4, -0.2) is 46.8 Å². The van der Waals surface area contributed by atoms with Crippen molar-refractivity contribution in [3.63, 3.8) is 0 Å². The zero-order chi connectivity index (χ0) is 20.1. The number of allylic oxidation sites excluding steroid dienone is 2. The molecular formula is C23H30N4O. The van der Waals surface area contributed by atoms with Crippen LogP contribution in [-0.2, 0) is 6.42 Å². The van der Waals surface area contributed by atoms with Crippen molar-refractivity contribution in [1.29, 1.82) is 0 Å². The fourth-order valence-electron chi connectivity index (χ4n) is 3.50. The fraction of sp³-hybridized carbons (Fsp3) is 0.391. The first-order chi connectivity index (χ1) is 13.5. The van der Waals surface area contributed by atoms with E-state index in [1.807, 2.05) is 21.7 Å². The lowest BCUT2D eigenvalue weighted by atomic mass is 10.0. The molecule has 3 rings (SSSR count). The predicted molar refractivity (Wildman–Crippen MR) is 114 cm³/mol. The lowest BCUT2D eigenvalue weighted by molar-refractivity contribution is 0.0729. The van der Waals surface area contributed by atoms with Crippen LogP contribution in [0.1, 0.15) is 46.2 Å². The molecule has 1 fully saturated rings. The average molecular weight is 379 g/mol. The summed E-state index contributed by atoms with van der Waals surface area (Å²) in [5.74, 6) is 0.00985. The van der Waals surface area contributed by atoms with Gasteiger partial charge in [0.2, 0.25) is 0 Å². The number of aryl methyl sites for hydroxylation is 3. The maximum absolute atomic E-state index is 13.0. The van der Waals surface area contributed by atoms with Crippen molar-refractivity contribution in [3.8, 4) is 0 Å². The number of carbonyl (C=O) groups excluding carboxylic acids is 1. The lowest BCUT2D eigenvalue weighted by Gasteiger charge is -2.26. The average Bonchev–Trinajstić information content (AvgIpc) is 3.12. The highest BCUT2D eigenvalue weighted by atomic mass is 16.2. The third-order valence-corrected chi connectivity index (χ3v) is 5.22. The van der Waals surface area contributed by atoms with Gasteiger partial charge < -0.3 is 10.2 Å². The van der Waals surface area contributed by atoms with E-state index in [2.05, 4.69) is 50.9 Å². The molecule has 0 atom stereocenters. The van der Waals surface area contributed by atoms with Gasteiger partial charge in [0, 0.05) is 37.4 Å². The molecule has 148 valence electrons. The summed E-state index contributed by atoms with van der Waals surface area (Å²) in [4.78, 5) is 14.8. The Hall–Kier alpha value is -2.66. The minimum atomic E-state index is 0.00985. The Kier molecular flexibility index (Phi) is 6.47. The number of nitrogens with zero attached hydrogens (tertiary/aromatic N) is 3. The van der Waals surface area contributed by atoms with Crippen LogP contribution in [0.25, 0.3) is 5.70 Å². The molecule has 0 bridgehead atoms. The molecule has 1 saturated heterocycles. The molecule has 28 heavy (non-hydrogen) atoms. The SMILES string of the molecule is C=C/C=C(/c1ccc(C)c(C)c1)n1nc(C(=O)N2CCNCC2)cc1CCC. The largest absolute Gasteiger partial charge is 0.335 e. The van der Waals surface area contributed by atoms with Crippen LogP contribution in [0, 0.1) is 13.8 Å². The number of amides is 1. The Balaban J connectivity index is 2.03. The van der Waals surface area contributed by atoms with Crippen LogP contribution in [0.15, 0.2) is 43.0 Å². The molecular weight excluding hydrogens is 348 g/mol. The highest BCUT2D eigenvalue weighted by Crippen LogP contribution is 2.23. The van der Waals surface area contributed by atoms with Crippen LogP contribution < -0.4 is 5.32 Å². The maximum Gasteiger partial charge on any atom is 0.274 e. The lowest BCUT2D eigenvalue weighted by Crippen LogP contribution is -2.46. The van der Waals surface area contributed by atoms with Crippen molar-refractivity contribution in [2.45, 2.75) is 33.6 Å². The van der Waals surface area contributed by atoms with Crippen molar-refractivity contribution in [1.82, 2.24) is 20.0 Å². The monoisotopic (exact) mass is 378 g/mol. The molecule has 0 unspecified atom stereocenters. The number of piperazine rings is 1. The summed E-state index contributed by atoms with van der Waals surface area (Å²) in [6.45, 7) is 13.4. The first kappa shape index (κ1) is 20.1. The second kappa shape index (κ2) is 9.02. The molecule has 1 N–H and O–H groups in total. The van der Waals surface area contributed by atoms with E-state index in [0.29, 0.717) is 5.69 Å². The number of benzene rings is 1. The highest BCUT2D eigenvalue weighted by Gasteiger charge is 2.23. The van der Waals surface area contributed by atoms with E-state index >= 15 is 0 Å². The molecule has 5 nitrogen and oxygen atoms in total. The highest BCUT2D eigenvalue weighted by molar-refractivity contribution is 5.92. The summed E-state index contributed by atoms with van der Waals surface area (Å²) in [7, 11) is 0. The van der Waals surface area contributed by atoms with E-state index in [-0.39, 0.29) is 5.91 Å². The van der Waals surface area contributed by atoms with E-state index in [0.717, 1.165) is 56.0 Å². The molecule has 2 heterocycles. The van der Waals surface area contributed by atoms with Crippen molar-refractivity contribution in [3.05, 3.63) is 71.1 Å². The summed E-state index contributed by atoms with van der Waals surface area (Å²) >= 11 is 0. The molecule has 2 aromatic rings. The van der Waals surface area contributed by atoms with Crippen molar-refractivity contribution < 1.29 is 4.79 Å². The normalized spacial score (nSPS) is 15.0. The Bertz CT molecular complexity index is 888. The van der Waals surface area contributed by atoms with Crippen LogP contribution in [0.3, 0.4) is 0 Å². The van der Waals surface area contributed by atoms with E-state index in [1.54, 1.807) is 6.08 Å². The molecule has 0 spiro atoms. The summed E-state index contributed by atoms with van der Waals surface area (Å²) in [5, 5.41) is 8.02. The van der Waals surface area contributed by atoms with Gasteiger partial charge in [-0.1, -0.05) is 38.1 Å². The van der Waals surface area contributed by atoms with Gasteiger partial charge in [0.05, 0.1) is 5.70 Å². The van der Waals surface area contributed by atoms with Gasteiger partial charge in [0.25, 0.3) is 5.91 Å². The number of aromatic nitrogens is 2. The Morgan fingerprint density at radius 1 is 1.21 bits per heavy atom. The first-order valence-corrected chi connectivity index (χ1v) is 10.0. The van der Waals surface area contributed by atoms with Crippen LogP contribution >= 0.6 is 0 Å². The van der Waals surface area contributed by atoms with Crippen LogP contribution in [0.5, 0.6) is 0 Å². The third kappa shape index (κ3) is 4.25. The molecule has 1 aromatic heterocycles. The fourth-order valence-corrected chi connectivity index (χ4v) is 3.50. The third-order valence-electron chi connectivity index (χ3n) is 5.22. The topological polar surface area (TPSA) is 50.2 Å². The zero-order valence-electron chi connectivity index (χ0n) is 17.2. The van der Waals surface area contributed by atoms with E-state index in [1.165, 1.54) is 11.1 Å². The molecule has 1 aliphatic rings. The molecule has 1 aliphatic heterocycles. The smallest absolute Gasteiger partial charge is 0.274 e. The van der Waals surface area contributed by atoms with E-state index in [4.69, 9.17) is 5.10 Å². The zero-order valence-corrected chi connectivity index (χ0v) is 17.2. The van der Waals surface area contributed by atoms with Gasteiger partial charge >= 0.3 is 0 Å². The van der Waals surface area contributed by atoms with Crippen molar-refractivity contribution >= 4 is 11.6 Å². The quantitative estimate of drug-likeness (QED) is 0.782. The Morgan fingerprint density at radius 3 is 2.61 bits per heavy atom. The van der Waals surface area contributed by atoms with Gasteiger partial charge in [-0.25, -0.2) is 4.68 Å². The molecule has 1 aromatic carbocycles. The second-order valence-electron chi connectivity index (χ2n) is 7.31. The number of rotatable bonds is 6. The van der Waals surface area contributed by atoms with Gasteiger partial charge in [-0.2, -0.15) is 5.10 Å². The minimum absolute atomic E-state index is 0.00985. The standard InChI is InChI=1S/C23H30N4O/c1-5-7-20-16-21(23(28)26-13-11-24-12-14-26)25-27(20)22(8-6-2)19-10-9-17(3)18(4)15-19/h6,8-10,15-16,24H,2,5,7,11-14H2,1,3-4H3/b22-8-.